The summed E-state index contributed by atoms with van der Waals surface area (Å²) >= 11 is 0. The zero-order valence-corrected chi connectivity index (χ0v) is 11.7. The first-order valence-corrected chi connectivity index (χ1v) is 6.55. The molecule has 0 N–H and O–H groups in total. The van der Waals surface area contributed by atoms with E-state index in [1.807, 2.05) is 30.3 Å². The van der Waals surface area contributed by atoms with Crippen molar-refractivity contribution in [3.63, 3.8) is 0 Å². The molecule has 0 aliphatic carbocycles. The molecule has 2 aromatic rings. The number of methoxy groups -OCH3 is 1. The fourth-order valence-electron chi connectivity index (χ4n) is 1.87. The Morgan fingerprint density at radius 2 is 1.52 bits per heavy atom. The van der Waals surface area contributed by atoms with Gasteiger partial charge in [-0.1, -0.05) is 60.7 Å². The van der Waals surface area contributed by atoms with Crippen LogP contribution in [0.5, 0.6) is 0 Å². The molecule has 4 nitrogen and oxygen atoms in total. The van der Waals surface area contributed by atoms with Gasteiger partial charge in [-0.05, 0) is 5.56 Å². The molecule has 1 atom stereocenters. The Hall–Kier alpha value is -2.46. The van der Waals surface area contributed by atoms with Crippen LogP contribution in [0.4, 0.5) is 0 Å². The number of rotatable bonds is 6. The highest BCUT2D eigenvalue weighted by molar-refractivity contribution is 6.11. The molecule has 0 amide bonds. The first kappa shape index (κ1) is 14.9. The van der Waals surface area contributed by atoms with Gasteiger partial charge in [0.25, 0.3) is 0 Å². The number of benzene rings is 2. The molecule has 1 unspecified atom stereocenters. The van der Waals surface area contributed by atoms with E-state index in [1.54, 1.807) is 30.3 Å². The highest BCUT2D eigenvalue weighted by Crippen LogP contribution is 2.11. The maximum Gasteiger partial charge on any atom is 0.343 e. The molecule has 0 aromatic heterocycles. The number of carbonyl (C=O) groups excluding carboxylic acids is 2. The summed E-state index contributed by atoms with van der Waals surface area (Å²) in [4.78, 5) is 24.1. The van der Waals surface area contributed by atoms with Crippen LogP contribution in [-0.4, -0.2) is 25.0 Å². The molecule has 4 heteroatoms. The number of Topliss-reactive ketones (excluding diaryl/α,β-unsaturated/α-hetero) is 1. The summed E-state index contributed by atoms with van der Waals surface area (Å²) in [6, 6.07) is 17.9. The van der Waals surface area contributed by atoms with Gasteiger partial charge < -0.3 is 9.47 Å². The van der Waals surface area contributed by atoms with E-state index in [-0.39, 0.29) is 6.61 Å². The molecule has 0 fully saturated rings. The summed E-state index contributed by atoms with van der Waals surface area (Å²) in [7, 11) is 1.24. The Labute approximate surface area is 123 Å². The number of ether oxygens (including phenoxy) is 2. The molecule has 0 bridgehead atoms. The van der Waals surface area contributed by atoms with Gasteiger partial charge in [0.2, 0.25) is 11.9 Å². The van der Waals surface area contributed by atoms with Crippen molar-refractivity contribution in [1.82, 2.24) is 0 Å². The Morgan fingerprint density at radius 3 is 2.10 bits per heavy atom. The van der Waals surface area contributed by atoms with Crippen LogP contribution < -0.4 is 0 Å². The number of esters is 1. The summed E-state index contributed by atoms with van der Waals surface area (Å²) in [6.45, 7) is 0.166. The van der Waals surface area contributed by atoms with Gasteiger partial charge in [0.15, 0.2) is 0 Å². The number of carbonyl (C=O) groups is 2. The standard InChI is InChI=1S/C17H16O4/c1-20-17(19)16(15(18)14-10-6-3-7-11-14)21-12-13-8-4-2-5-9-13/h2-11,16H,12H2,1H3. The van der Waals surface area contributed by atoms with Crippen LogP contribution in [-0.2, 0) is 20.9 Å². The van der Waals surface area contributed by atoms with Gasteiger partial charge in [-0.3, -0.25) is 4.79 Å². The van der Waals surface area contributed by atoms with Crippen molar-refractivity contribution in [3.05, 3.63) is 71.8 Å². The van der Waals surface area contributed by atoms with E-state index in [9.17, 15) is 9.59 Å². The Bertz CT molecular complexity index is 593. The quantitative estimate of drug-likeness (QED) is 0.465. The topological polar surface area (TPSA) is 52.6 Å². The highest BCUT2D eigenvalue weighted by atomic mass is 16.6. The van der Waals surface area contributed by atoms with Crippen molar-refractivity contribution in [1.29, 1.82) is 0 Å². The summed E-state index contributed by atoms with van der Waals surface area (Å²) in [5.74, 6) is -1.10. The third kappa shape index (κ3) is 4.00. The second-order valence-electron chi connectivity index (χ2n) is 4.43. The largest absolute Gasteiger partial charge is 0.467 e. The van der Waals surface area contributed by atoms with Crippen LogP contribution in [0.25, 0.3) is 0 Å². The maximum absolute atomic E-state index is 12.3. The molecule has 108 valence electrons. The molecule has 0 spiro atoms. The van der Waals surface area contributed by atoms with Crippen LogP contribution in [0.15, 0.2) is 60.7 Å². The molecule has 0 aliphatic heterocycles. The van der Waals surface area contributed by atoms with Gasteiger partial charge in [-0.25, -0.2) is 4.79 Å². The minimum absolute atomic E-state index is 0.166. The predicted octanol–water partition coefficient (Wildman–Crippen LogP) is 2.63. The van der Waals surface area contributed by atoms with Crippen molar-refractivity contribution in [2.75, 3.05) is 7.11 Å². The average molecular weight is 284 g/mol. The summed E-state index contributed by atoms with van der Waals surface area (Å²) in [5, 5.41) is 0. The Balaban J connectivity index is 2.11. The fraction of sp³-hybridized carbons (Fsp3) is 0.176. The van der Waals surface area contributed by atoms with E-state index in [1.165, 1.54) is 7.11 Å². The lowest BCUT2D eigenvalue weighted by molar-refractivity contribution is -0.151. The molecule has 2 rings (SSSR count). The van der Waals surface area contributed by atoms with Gasteiger partial charge in [-0.15, -0.1) is 0 Å². The molecule has 0 aliphatic rings. The first-order chi connectivity index (χ1) is 10.2. The van der Waals surface area contributed by atoms with E-state index >= 15 is 0 Å². The van der Waals surface area contributed by atoms with Crippen molar-refractivity contribution in [2.24, 2.45) is 0 Å². The number of ketones is 1. The number of hydrogen-bond donors (Lipinski definition) is 0. The van der Waals surface area contributed by atoms with Gasteiger partial charge in [0, 0.05) is 5.56 Å². The van der Waals surface area contributed by atoms with Crippen molar-refractivity contribution >= 4 is 11.8 Å². The molecule has 0 heterocycles. The monoisotopic (exact) mass is 284 g/mol. The molecule has 0 saturated carbocycles. The van der Waals surface area contributed by atoms with Crippen molar-refractivity contribution in [2.45, 2.75) is 12.7 Å². The molecule has 0 radical (unpaired) electrons. The second kappa shape index (κ2) is 7.36. The van der Waals surface area contributed by atoms with Crippen LogP contribution in [0, 0.1) is 0 Å². The van der Waals surface area contributed by atoms with Crippen molar-refractivity contribution in [3.8, 4) is 0 Å². The van der Waals surface area contributed by atoms with E-state index in [0.29, 0.717) is 5.56 Å². The molecular weight excluding hydrogens is 268 g/mol. The normalized spacial score (nSPS) is 11.7. The zero-order valence-electron chi connectivity index (χ0n) is 11.7. The van der Waals surface area contributed by atoms with E-state index in [4.69, 9.17) is 4.74 Å². The third-order valence-corrected chi connectivity index (χ3v) is 2.97. The lowest BCUT2D eigenvalue weighted by atomic mass is 10.1. The smallest absolute Gasteiger partial charge is 0.343 e. The average Bonchev–Trinajstić information content (AvgIpc) is 2.56. The van der Waals surface area contributed by atoms with E-state index in [2.05, 4.69) is 4.74 Å². The van der Waals surface area contributed by atoms with Crippen LogP contribution in [0.3, 0.4) is 0 Å². The molecule has 0 saturated heterocycles. The minimum Gasteiger partial charge on any atom is -0.467 e. The Kier molecular flexibility index (Phi) is 5.23. The lowest BCUT2D eigenvalue weighted by Gasteiger charge is -2.14. The van der Waals surface area contributed by atoms with Gasteiger partial charge >= 0.3 is 5.97 Å². The van der Waals surface area contributed by atoms with Gasteiger partial charge in [0.05, 0.1) is 13.7 Å². The van der Waals surface area contributed by atoms with Crippen LogP contribution in [0.2, 0.25) is 0 Å². The van der Waals surface area contributed by atoms with Crippen LogP contribution >= 0.6 is 0 Å². The predicted molar refractivity (Wildman–Crippen MR) is 77.8 cm³/mol. The fourth-order valence-corrected chi connectivity index (χ4v) is 1.87. The SMILES string of the molecule is COC(=O)C(OCc1ccccc1)C(=O)c1ccccc1. The molecule has 2 aromatic carbocycles. The first-order valence-electron chi connectivity index (χ1n) is 6.55. The number of hydrogen-bond acceptors (Lipinski definition) is 4. The summed E-state index contributed by atoms with van der Waals surface area (Å²) in [5.41, 5.74) is 1.30. The molecular formula is C17H16O4. The van der Waals surface area contributed by atoms with E-state index < -0.39 is 17.9 Å². The zero-order chi connectivity index (χ0) is 15.1. The highest BCUT2D eigenvalue weighted by Gasteiger charge is 2.29. The minimum atomic E-state index is -1.25. The molecule has 21 heavy (non-hydrogen) atoms. The third-order valence-electron chi connectivity index (χ3n) is 2.97. The van der Waals surface area contributed by atoms with Gasteiger partial charge in [0.1, 0.15) is 0 Å². The van der Waals surface area contributed by atoms with Crippen LogP contribution in [0.1, 0.15) is 15.9 Å². The van der Waals surface area contributed by atoms with E-state index in [0.717, 1.165) is 5.56 Å². The van der Waals surface area contributed by atoms with Crippen molar-refractivity contribution < 1.29 is 19.1 Å². The lowest BCUT2D eigenvalue weighted by Crippen LogP contribution is -2.34. The van der Waals surface area contributed by atoms with Gasteiger partial charge in [-0.2, -0.15) is 0 Å². The summed E-state index contributed by atoms with van der Waals surface area (Å²) < 4.78 is 10.1. The maximum atomic E-state index is 12.3. The summed E-state index contributed by atoms with van der Waals surface area (Å²) in [6.07, 6.45) is -1.25. The second-order valence-corrected chi connectivity index (χ2v) is 4.43. The Morgan fingerprint density at radius 1 is 0.952 bits per heavy atom.